The number of methoxy groups -OCH3 is 1. The quantitative estimate of drug-likeness (QED) is 0.755. The van der Waals surface area contributed by atoms with Crippen LogP contribution in [0.3, 0.4) is 0 Å². The normalized spacial score (nSPS) is 33.4. The monoisotopic (exact) mass is 212 g/mol. The molecule has 0 aromatic carbocycles. The van der Waals surface area contributed by atoms with Crippen molar-refractivity contribution in [3.63, 3.8) is 0 Å². The fourth-order valence-electron chi connectivity index (χ4n) is 2.91. The second kappa shape index (κ2) is 5.83. The van der Waals surface area contributed by atoms with Gasteiger partial charge in [0.05, 0.1) is 6.61 Å². The van der Waals surface area contributed by atoms with E-state index in [1.807, 2.05) is 7.11 Å². The largest absolute Gasteiger partial charge is 0.384 e. The Morgan fingerprint density at radius 1 is 1.33 bits per heavy atom. The summed E-state index contributed by atoms with van der Waals surface area (Å²) in [5.74, 6) is 0.769. The first-order chi connectivity index (χ1) is 7.38. The molecule has 2 aliphatic heterocycles. The maximum Gasteiger partial charge on any atom is 0.0502 e. The van der Waals surface area contributed by atoms with Crippen molar-refractivity contribution in [1.82, 2.24) is 10.2 Å². The summed E-state index contributed by atoms with van der Waals surface area (Å²) in [6.45, 7) is 5.94. The van der Waals surface area contributed by atoms with Gasteiger partial charge in [-0.05, 0) is 44.7 Å². The second-order valence-electron chi connectivity index (χ2n) is 5.02. The van der Waals surface area contributed by atoms with Gasteiger partial charge in [0.2, 0.25) is 0 Å². The third kappa shape index (κ3) is 3.44. The lowest BCUT2D eigenvalue weighted by Gasteiger charge is -2.33. The van der Waals surface area contributed by atoms with Crippen LogP contribution in [-0.4, -0.2) is 50.8 Å². The van der Waals surface area contributed by atoms with Gasteiger partial charge in [-0.1, -0.05) is 0 Å². The van der Waals surface area contributed by atoms with Gasteiger partial charge in [-0.25, -0.2) is 0 Å². The topological polar surface area (TPSA) is 24.5 Å². The van der Waals surface area contributed by atoms with E-state index in [1.165, 1.54) is 51.9 Å². The molecule has 3 nitrogen and oxygen atoms in total. The van der Waals surface area contributed by atoms with Crippen LogP contribution in [0.5, 0.6) is 0 Å². The van der Waals surface area contributed by atoms with Crippen molar-refractivity contribution in [2.24, 2.45) is 5.92 Å². The standard InChI is InChI=1S/C12H24N2O/c1-15-10-11-4-3-7-14(8-11)9-12-5-2-6-13-12/h11-13H,2-10H2,1H3. The SMILES string of the molecule is COCC1CCCN(CC2CCCN2)C1. The van der Waals surface area contributed by atoms with E-state index in [-0.39, 0.29) is 0 Å². The number of ether oxygens (including phenoxy) is 1. The molecule has 88 valence electrons. The summed E-state index contributed by atoms with van der Waals surface area (Å²) >= 11 is 0. The van der Waals surface area contributed by atoms with Crippen LogP contribution in [0, 0.1) is 5.92 Å². The lowest BCUT2D eigenvalue weighted by atomic mass is 9.98. The highest BCUT2D eigenvalue weighted by Crippen LogP contribution is 2.18. The Labute approximate surface area is 93.2 Å². The van der Waals surface area contributed by atoms with Crippen LogP contribution in [0.2, 0.25) is 0 Å². The molecule has 0 amide bonds. The fourth-order valence-corrected chi connectivity index (χ4v) is 2.91. The lowest BCUT2D eigenvalue weighted by Crippen LogP contribution is -2.43. The number of piperidine rings is 1. The van der Waals surface area contributed by atoms with E-state index in [9.17, 15) is 0 Å². The first-order valence-corrected chi connectivity index (χ1v) is 6.33. The molecule has 2 atom stereocenters. The van der Waals surface area contributed by atoms with Gasteiger partial charge in [0, 0.05) is 26.2 Å². The summed E-state index contributed by atoms with van der Waals surface area (Å²) in [7, 11) is 1.82. The van der Waals surface area contributed by atoms with Crippen LogP contribution in [0.4, 0.5) is 0 Å². The van der Waals surface area contributed by atoms with Crippen molar-refractivity contribution >= 4 is 0 Å². The van der Waals surface area contributed by atoms with Crippen LogP contribution in [0.25, 0.3) is 0 Å². The minimum absolute atomic E-state index is 0.756. The summed E-state index contributed by atoms with van der Waals surface area (Å²) in [6.07, 6.45) is 5.43. The van der Waals surface area contributed by atoms with Crippen LogP contribution in [0.15, 0.2) is 0 Å². The Morgan fingerprint density at radius 3 is 3.00 bits per heavy atom. The van der Waals surface area contributed by atoms with Crippen LogP contribution in [-0.2, 0) is 4.74 Å². The summed E-state index contributed by atoms with van der Waals surface area (Å²) in [6, 6.07) is 0.756. The van der Waals surface area contributed by atoms with Crippen LogP contribution < -0.4 is 5.32 Å². The highest BCUT2D eigenvalue weighted by molar-refractivity contribution is 4.81. The van der Waals surface area contributed by atoms with Crippen LogP contribution in [0.1, 0.15) is 25.7 Å². The first-order valence-electron chi connectivity index (χ1n) is 6.33. The highest BCUT2D eigenvalue weighted by Gasteiger charge is 2.23. The Bertz CT molecular complexity index is 178. The molecule has 0 aliphatic carbocycles. The van der Waals surface area contributed by atoms with Gasteiger partial charge in [-0.2, -0.15) is 0 Å². The minimum atomic E-state index is 0.756. The van der Waals surface area contributed by atoms with E-state index in [2.05, 4.69) is 10.2 Å². The van der Waals surface area contributed by atoms with Crippen molar-refractivity contribution in [3.05, 3.63) is 0 Å². The lowest BCUT2D eigenvalue weighted by molar-refractivity contribution is 0.0868. The van der Waals surface area contributed by atoms with Crippen molar-refractivity contribution in [3.8, 4) is 0 Å². The second-order valence-corrected chi connectivity index (χ2v) is 5.02. The summed E-state index contributed by atoms with van der Waals surface area (Å²) < 4.78 is 5.26. The van der Waals surface area contributed by atoms with Gasteiger partial charge in [-0.15, -0.1) is 0 Å². The van der Waals surface area contributed by atoms with Crippen molar-refractivity contribution < 1.29 is 4.74 Å². The molecule has 2 unspecified atom stereocenters. The van der Waals surface area contributed by atoms with E-state index in [0.717, 1.165) is 18.6 Å². The van der Waals surface area contributed by atoms with E-state index < -0.39 is 0 Å². The average Bonchev–Trinajstić information content (AvgIpc) is 2.71. The molecule has 15 heavy (non-hydrogen) atoms. The van der Waals surface area contributed by atoms with Gasteiger partial charge in [0.15, 0.2) is 0 Å². The summed E-state index contributed by atoms with van der Waals surface area (Å²) in [5.41, 5.74) is 0. The highest BCUT2D eigenvalue weighted by atomic mass is 16.5. The predicted octanol–water partition coefficient (Wildman–Crippen LogP) is 1.10. The average molecular weight is 212 g/mol. The van der Waals surface area contributed by atoms with E-state index >= 15 is 0 Å². The molecule has 0 spiro atoms. The maximum absolute atomic E-state index is 5.26. The molecule has 0 aromatic heterocycles. The van der Waals surface area contributed by atoms with Crippen molar-refractivity contribution in [2.75, 3.05) is 39.9 Å². The number of hydrogen-bond donors (Lipinski definition) is 1. The zero-order chi connectivity index (χ0) is 10.5. The Balaban J connectivity index is 1.71. The smallest absolute Gasteiger partial charge is 0.0502 e. The third-order valence-corrected chi connectivity index (χ3v) is 3.65. The molecule has 2 saturated heterocycles. The molecular weight excluding hydrogens is 188 g/mol. The number of rotatable bonds is 4. The first kappa shape index (κ1) is 11.4. The molecule has 0 saturated carbocycles. The van der Waals surface area contributed by atoms with E-state index in [0.29, 0.717) is 0 Å². The van der Waals surface area contributed by atoms with Gasteiger partial charge in [0.25, 0.3) is 0 Å². The molecular formula is C12H24N2O. The molecule has 0 radical (unpaired) electrons. The summed E-state index contributed by atoms with van der Waals surface area (Å²) in [4.78, 5) is 2.62. The molecule has 2 aliphatic rings. The number of nitrogens with one attached hydrogen (secondary N) is 1. The summed E-state index contributed by atoms with van der Waals surface area (Å²) in [5, 5.41) is 3.58. The zero-order valence-electron chi connectivity index (χ0n) is 9.87. The molecule has 2 heterocycles. The predicted molar refractivity (Wildman–Crippen MR) is 62.1 cm³/mol. The third-order valence-electron chi connectivity index (χ3n) is 3.65. The Kier molecular flexibility index (Phi) is 4.42. The van der Waals surface area contributed by atoms with E-state index in [1.54, 1.807) is 0 Å². The maximum atomic E-state index is 5.26. The number of likely N-dealkylation sites (tertiary alicyclic amines) is 1. The minimum Gasteiger partial charge on any atom is -0.384 e. The zero-order valence-corrected chi connectivity index (χ0v) is 9.87. The molecule has 0 bridgehead atoms. The molecule has 0 aromatic rings. The molecule has 2 rings (SSSR count). The van der Waals surface area contributed by atoms with Crippen molar-refractivity contribution in [2.45, 2.75) is 31.7 Å². The fraction of sp³-hybridized carbons (Fsp3) is 1.00. The van der Waals surface area contributed by atoms with Gasteiger partial charge in [-0.3, -0.25) is 0 Å². The van der Waals surface area contributed by atoms with Gasteiger partial charge >= 0.3 is 0 Å². The van der Waals surface area contributed by atoms with Crippen LogP contribution >= 0.6 is 0 Å². The van der Waals surface area contributed by atoms with Gasteiger partial charge in [0.1, 0.15) is 0 Å². The van der Waals surface area contributed by atoms with E-state index in [4.69, 9.17) is 4.74 Å². The molecule has 1 N–H and O–H groups in total. The Morgan fingerprint density at radius 2 is 2.27 bits per heavy atom. The Hall–Kier alpha value is -0.120. The number of nitrogens with zero attached hydrogens (tertiary/aromatic N) is 1. The molecule has 2 fully saturated rings. The molecule has 3 heteroatoms. The van der Waals surface area contributed by atoms with Gasteiger partial charge < -0.3 is 15.0 Å². The number of hydrogen-bond acceptors (Lipinski definition) is 3. The van der Waals surface area contributed by atoms with Crippen molar-refractivity contribution in [1.29, 1.82) is 0 Å².